The van der Waals surface area contributed by atoms with Crippen molar-refractivity contribution in [3.8, 4) is 0 Å². The standard InChI is InChI=1S/C10H13F3N4O/c11-10(12,13)8-6-15-17(7-8)9(18)16-4-1-2-14-3-5-16/h6-7,14H,1-5H2. The zero-order valence-electron chi connectivity index (χ0n) is 9.57. The summed E-state index contributed by atoms with van der Waals surface area (Å²) in [6, 6.07) is -0.519. The highest BCUT2D eigenvalue weighted by molar-refractivity contribution is 5.76. The van der Waals surface area contributed by atoms with Gasteiger partial charge in [0, 0.05) is 25.8 Å². The molecule has 2 rings (SSSR count). The van der Waals surface area contributed by atoms with Crippen LogP contribution in [0.15, 0.2) is 12.4 Å². The molecule has 0 aromatic carbocycles. The summed E-state index contributed by atoms with van der Waals surface area (Å²) in [6.45, 7) is 2.43. The van der Waals surface area contributed by atoms with Crippen LogP contribution in [0.25, 0.3) is 0 Å². The van der Waals surface area contributed by atoms with Crippen molar-refractivity contribution in [3.05, 3.63) is 18.0 Å². The van der Waals surface area contributed by atoms with Gasteiger partial charge in [-0.15, -0.1) is 0 Å². The van der Waals surface area contributed by atoms with E-state index < -0.39 is 17.8 Å². The fourth-order valence-electron chi connectivity index (χ4n) is 1.76. The molecular weight excluding hydrogens is 249 g/mol. The summed E-state index contributed by atoms with van der Waals surface area (Å²) in [5.41, 5.74) is -0.913. The number of nitrogens with zero attached hydrogens (tertiary/aromatic N) is 3. The van der Waals surface area contributed by atoms with Gasteiger partial charge in [0.25, 0.3) is 0 Å². The molecule has 18 heavy (non-hydrogen) atoms. The van der Waals surface area contributed by atoms with Crippen molar-refractivity contribution in [2.24, 2.45) is 0 Å². The van der Waals surface area contributed by atoms with Crippen molar-refractivity contribution in [2.45, 2.75) is 12.6 Å². The Bertz CT molecular complexity index is 421. The van der Waals surface area contributed by atoms with Gasteiger partial charge in [-0.3, -0.25) is 0 Å². The summed E-state index contributed by atoms with van der Waals surface area (Å²) in [4.78, 5) is 13.4. The first-order chi connectivity index (χ1) is 8.48. The maximum absolute atomic E-state index is 12.4. The Morgan fingerprint density at radius 3 is 2.78 bits per heavy atom. The number of carbonyl (C=O) groups excluding carboxylic acids is 1. The summed E-state index contributed by atoms with van der Waals surface area (Å²) >= 11 is 0. The van der Waals surface area contributed by atoms with Gasteiger partial charge in [0.05, 0.1) is 11.8 Å². The lowest BCUT2D eigenvalue weighted by molar-refractivity contribution is -0.137. The van der Waals surface area contributed by atoms with Gasteiger partial charge in [-0.1, -0.05) is 0 Å². The molecule has 1 N–H and O–H groups in total. The van der Waals surface area contributed by atoms with Crippen LogP contribution in [-0.4, -0.2) is 46.9 Å². The third kappa shape index (κ3) is 2.81. The van der Waals surface area contributed by atoms with E-state index in [1.165, 1.54) is 4.90 Å². The van der Waals surface area contributed by atoms with Gasteiger partial charge >= 0.3 is 12.2 Å². The zero-order valence-corrected chi connectivity index (χ0v) is 9.57. The Kier molecular flexibility index (Phi) is 3.55. The van der Waals surface area contributed by atoms with Gasteiger partial charge in [-0.25, -0.2) is 4.79 Å². The van der Waals surface area contributed by atoms with Crippen molar-refractivity contribution in [2.75, 3.05) is 26.2 Å². The van der Waals surface area contributed by atoms with Crippen LogP contribution in [-0.2, 0) is 6.18 Å². The molecule has 1 aliphatic heterocycles. The van der Waals surface area contributed by atoms with E-state index in [0.717, 1.165) is 23.8 Å². The molecule has 100 valence electrons. The first kappa shape index (κ1) is 12.9. The highest BCUT2D eigenvalue weighted by Crippen LogP contribution is 2.28. The number of alkyl halides is 3. The lowest BCUT2D eigenvalue weighted by Crippen LogP contribution is -2.37. The molecule has 1 aliphatic rings. The first-order valence-electron chi connectivity index (χ1n) is 5.60. The van der Waals surface area contributed by atoms with Crippen molar-refractivity contribution in [1.82, 2.24) is 20.0 Å². The lowest BCUT2D eigenvalue weighted by Gasteiger charge is -2.19. The molecule has 0 spiro atoms. The quantitative estimate of drug-likeness (QED) is 0.763. The van der Waals surface area contributed by atoms with Crippen molar-refractivity contribution < 1.29 is 18.0 Å². The van der Waals surface area contributed by atoms with E-state index in [0.29, 0.717) is 25.8 Å². The molecule has 0 radical (unpaired) electrons. The monoisotopic (exact) mass is 262 g/mol. The third-order valence-corrected chi connectivity index (χ3v) is 2.72. The maximum atomic E-state index is 12.4. The van der Waals surface area contributed by atoms with Gasteiger partial charge < -0.3 is 10.2 Å². The van der Waals surface area contributed by atoms with E-state index >= 15 is 0 Å². The second kappa shape index (κ2) is 4.97. The Hall–Kier alpha value is -1.57. The van der Waals surface area contributed by atoms with Gasteiger partial charge in [0.1, 0.15) is 0 Å². The molecule has 2 heterocycles. The molecule has 1 aromatic rings. The van der Waals surface area contributed by atoms with E-state index in [4.69, 9.17) is 0 Å². The highest BCUT2D eigenvalue weighted by atomic mass is 19.4. The van der Waals surface area contributed by atoms with E-state index in [9.17, 15) is 18.0 Å². The van der Waals surface area contributed by atoms with Gasteiger partial charge in [0.15, 0.2) is 0 Å². The number of halogens is 3. The summed E-state index contributed by atoms with van der Waals surface area (Å²) in [6.07, 6.45) is -2.31. The smallest absolute Gasteiger partial charge is 0.322 e. The Balaban J connectivity index is 2.10. The number of amides is 1. The van der Waals surface area contributed by atoms with Gasteiger partial charge in [-0.05, 0) is 13.0 Å². The van der Waals surface area contributed by atoms with Crippen LogP contribution in [0, 0.1) is 0 Å². The molecule has 1 amide bonds. The summed E-state index contributed by atoms with van der Waals surface area (Å²) in [7, 11) is 0. The number of aromatic nitrogens is 2. The predicted molar refractivity (Wildman–Crippen MR) is 57.1 cm³/mol. The Morgan fingerprint density at radius 1 is 1.33 bits per heavy atom. The fourth-order valence-corrected chi connectivity index (χ4v) is 1.76. The number of hydrogen-bond donors (Lipinski definition) is 1. The zero-order chi connectivity index (χ0) is 13.2. The minimum absolute atomic E-state index is 0.472. The largest absolute Gasteiger partial charge is 0.419 e. The SMILES string of the molecule is O=C(N1CCCNCC1)n1cc(C(F)(F)F)cn1. The minimum atomic E-state index is -4.47. The number of hydrogen-bond acceptors (Lipinski definition) is 3. The molecule has 0 unspecified atom stereocenters. The molecule has 8 heteroatoms. The molecule has 1 fully saturated rings. The average molecular weight is 262 g/mol. The lowest BCUT2D eigenvalue weighted by atomic mass is 10.3. The van der Waals surface area contributed by atoms with E-state index in [1.807, 2.05) is 0 Å². The molecule has 0 atom stereocenters. The van der Waals surface area contributed by atoms with Crippen LogP contribution in [0.2, 0.25) is 0 Å². The highest BCUT2D eigenvalue weighted by Gasteiger charge is 2.33. The molecule has 0 saturated carbocycles. The Labute approximate surface area is 102 Å². The van der Waals surface area contributed by atoms with Crippen LogP contribution in [0.1, 0.15) is 12.0 Å². The predicted octanol–water partition coefficient (Wildman–Crippen LogP) is 1.17. The second-order valence-corrected chi connectivity index (χ2v) is 4.04. The van der Waals surface area contributed by atoms with Crippen LogP contribution in [0.5, 0.6) is 0 Å². The molecule has 5 nitrogen and oxygen atoms in total. The molecule has 0 bridgehead atoms. The van der Waals surface area contributed by atoms with Gasteiger partial charge in [0.2, 0.25) is 0 Å². The van der Waals surface area contributed by atoms with Crippen LogP contribution < -0.4 is 5.32 Å². The number of carbonyl (C=O) groups is 1. The maximum Gasteiger partial charge on any atom is 0.419 e. The van der Waals surface area contributed by atoms with Crippen LogP contribution in [0.4, 0.5) is 18.0 Å². The minimum Gasteiger partial charge on any atom is -0.322 e. The Morgan fingerprint density at radius 2 is 2.11 bits per heavy atom. The normalized spacial score (nSPS) is 17.6. The number of nitrogens with one attached hydrogen (secondary N) is 1. The summed E-state index contributed by atoms with van der Waals surface area (Å²) in [5, 5.41) is 6.58. The summed E-state index contributed by atoms with van der Waals surface area (Å²) in [5.74, 6) is 0. The molecule has 0 aliphatic carbocycles. The molecular formula is C10H13F3N4O. The molecule has 1 aromatic heterocycles. The van der Waals surface area contributed by atoms with E-state index in [2.05, 4.69) is 10.4 Å². The fraction of sp³-hybridized carbons (Fsp3) is 0.600. The van der Waals surface area contributed by atoms with Crippen molar-refractivity contribution in [3.63, 3.8) is 0 Å². The molecule has 1 saturated heterocycles. The van der Waals surface area contributed by atoms with Gasteiger partial charge in [-0.2, -0.15) is 23.0 Å². The van der Waals surface area contributed by atoms with Crippen molar-refractivity contribution in [1.29, 1.82) is 0 Å². The third-order valence-electron chi connectivity index (χ3n) is 2.72. The second-order valence-electron chi connectivity index (χ2n) is 4.04. The van der Waals surface area contributed by atoms with Crippen LogP contribution in [0.3, 0.4) is 0 Å². The summed E-state index contributed by atoms with van der Waals surface area (Å²) < 4.78 is 37.9. The first-order valence-corrected chi connectivity index (χ1v) is 5.60. The van der Waals surface area contributed by atoms with E-state index in [-0.39, 0.29) is 0 Å². The topological polar surface area (TPSA) is 50.2 Å². The van der Waals surface area contributed by atoms with Crippen molar-refractivity contribution >= 4 is 6.03 Å². The van der Waals surface area contributed by atoms with Crippen LogP contribution >= 0.6 is 0 Å². The van der Waals surface area contributed by atoms with E-state index in [1.54, 1.807) is 0 Å². The number of rotatable bonds is 0. The average Bonchev–Trinajstić information content (AvgIpc) is 2.65.